The van der Waals surface area contributed by atoms with Crippen LogP contribution in [-0.2, 0) is 0 Å². The molecule has 0 amide bonds. The number of benzene rings is 1. The second-order valence-corrected chi connectivity index (χ2v) is 5.41. The minimum absolute atomic E-state index is 0.141. The number of nitrogens with one attached hydrogen (secondary N) is 4. The van der Waals surface area contributed by atoms with Crippen molar-refractivity contribution < 1.29 is 0 Å². The van der Waals surface area contributed by atoms with Gasteiger partial charge in [0.1, 0.15) is 0 Å². The predicted octanol–water partition coefficient (Wildman–Crippen LogP) is 1.95. The molecule has 0 bridgehead atoms. The molecule has 4 nitrogen and oxygen atoms in total. The summed E-state index contributed by atoms with van der Waals surface area (Å²) in [5.41, 5.74) is 7.40. The Bertz CT molecular complexity index is 395. The quantitative estimate of drug-likeness (QED) is 0.507. The highest BCUT2D eigenvalue weighted by Gasteiger charge is 2.19. The smallest absolute Gasteiger partial charge is 0.167 e. The van der Waals surface area contributed by atoms with Crippen LogP contribution in [0.15, 0.2) is 28.7 Å². The Morgan fingerprint density at radius 3 is 2.65 bits per heavy atom. The van der Waals surface area contributed by atoms with Gasteiger partial charge in [0.05, 0.1) is 6.17 Å². The van der Waals surface area contributed by atoms with Crippen LogP contribution in [-0.4, -0.2) is 17.3 Å². The van der Waals surface area contributed by atoms with Crippen molar-refractivity contribution >= 4 is 38.9 Å². The van der Waals surface area contributed by atoms with Gasteiger partial charge in [0.2, 0.25) is 0 Å². The summed E-state index contributed by atoms with van der Waals surface area (Å²) in [4.78, 5) is 0. The molecule has 2 rings (SSSR count). The Labute approximate surface area is 115 Å². The topological polar surface area (TPSA) is 48.1 Å². The lowest BCUT2D eigenvalue weighted by molar-refractivity contribution is 0.402. The molecule has 6 heteroatoms. The van der Waals surface area contributed by atoms with Crippen LogP contribution < -0.4 is 21.5 Å². The third-order valence-electron chi connectivity index (χ3n) is 2.51. The first kappa shape index (κ1) is 12.6. The van der Waals surface area contributed by atoms with Gasteiger partial charge in [-0.2, -0.15) is 0 Å². The number of thiocarbonyl (C=S) groups is 1. The summed E-state index contributed by atoms with van der Waals surface area (Å²) in [5.74, 6) is 0. The van der Waals surface area contributed by atoms with Crippen molar-refractivity contribution in [1.29, 1.82) is 0 Å². The van der Waals surface area contributed by atoms with Crippen LogP contribution in [0.5, 0.6) is 0 Å². The molecule has 0 aromatic heterocycles. The molecule has 92 valence electrons. The van der Waals surface area contributed by atoms with Gasteiger partial charge < -0.3 is 16.1 Å². The fourth-order valence-corrected chi connectivity index (χ4v) is 2.30. The summed E-state index contributed by atoms with van der Waals surface area (Å²) < 4.78 is 1.07. The van der Waals surface area contributed by atoms with E-state index in [9.17, 15) is 0 Å². The fraction of sp³-hybridized carbons (Fsp3) is 0.364. The summed E-state index contributed by atoms with van der Waals surface area (Å²) in [6.45, 7) is 2.11. The molecule has 1 heterocycles. The van der Waals surface area contributed by atoms with E-state index < -0.39 is 0 Å². The summed E-state index contributed by atoms with van der Waals surface area (Å²) in [6.07, 6.45) is 1.10. The zero-order chi connectivity index (χ0) is 12.3. The second-order valence-electron chi connectivity index (χ2n) is 4.08. The van der Waals surface area contributed by atoms with Crippen LogP contribution in [0.25, 0.3) is 0 Å². The highest BCUT2D eigenvalue weighted by Crippen LogP contribution is 2.13. The van der Waals surface area contributed by atoms with Crippen LogP contribution in [0.3, 0.4) is 0 Å². The van der Waals surface area contributed by atoms with E-state index in [0.717, 1.165) is 16.6 Å². The average molecular weight is 315 g/mol. The number of rotatable bonds is 3. The lowest BCUT2D eigenvalue weighted by Crippen LogP contribution is -2.59. The van der Waals surface area contributed by atoms with Gasteiger partial charge in [-0.05, 0) is 43.4 Å². The molecule has 1 aliphatic rings. The standard InChI is InChI=1S/C11H15BrN4S/c1-7-6-10(14-11(17)13-7)16-15-9-4-2-8(12)3-5-9/h2-5,7,10,15-16H,6H2,1H3,(H2,13,14,17)/t7-,10+/m1/s1. The van der Waals surface area contributed by atoms with E-state index >= 15 is 0 Å². The molecule has 0 radical (unpaired) electrons. The lowest BCUT2D eigenvalue weighted by atomic mass is 10.2. The Balaban J connectivity index is 1.85. The lowest BCUT2D eigenvalue weighted by Gasteiger charge is -2.31. The maximum atomic E-state index is 5.11. The van der Waals surface area contributed by atoms with Gasteiger partial charge >= 0.3 is 0 Å². The SMILES string of the molecule is C[C@@H]1C[C@H](NNc2ccc(Br)cc2)NC(=S)N1. The molecular weight excluding hydrogens is 300 g/mol. The van der Waals surface area contributed by atoms with Gasteiger partial charge in [0.25, 0.3) is 0 Å². The first-order valence-electron chi connectivity index (χ1n) is 5.47. The van der Waals surface area contributed by atoms with Gasteiger partial charge in [0, 0.05) is 22.6 Å². The Morgan fingerprint density at radius 1 is 1.29 bits per heavy atom. The molecule has 0 aliphatic carbocycles. The summed E-state index contributed by atoms with van der Waals surface area (Å²) in [5, 5.41) is 7.02. The highest BCUT2D eigenvalue weighted by atomic mass is 79.9. The first-order valence-corrected chi connectivity index (χ1v) is 6.68. The summed E-state index contributed by atoms with van der Waals surface area (Å²) in [6, 6.07) is 8.37. The normalized spacial score (nSPS) is 23.8. The predicted molar refractivity (Wildman–Crippen MR) is 77.6 cm³/mol. The van der Waals surface area contributed by atoms with Crippen molar-refractivity contribution in [3.8, 4) is 0 Å². The molecule has 0 unspecified atom stereocenters. The van der Waals surface area contributed by atoms with Crippen LogP contribution in [0, 0.1) is 0 Å². The van der Waals surface area contributed by atoms with Crippen molar-refractivity contribution in [1.82, 2.24) is 16.1 Å². The number of hydrogen-bond donors (Lipinski definition) is 4. The maximum Gasteiger partial charge on any atom is 0.167 e. The van der Waals surface area contributed by atoms with Crippen LogP contribution in [0.4, 0.5) is 5.69 Å². The fourth-order valence-electron chi connectivity index (χ4n) is 1.69. The molecule has 4 N–H and O–H groups in total. The molecular formula is C11H15BrN4S. The molecule has 1 saturated heterocycles. The van der Waals surface area contributed by atoms with E-state index in [2.05, 4.69) is 44.3 Å². The van der Waals surface area contributed by atoms with Crippen molar-refractivity contribution in [2.24, 2.45) is 0 Å². The van der Waals surface area contributed by atoms with E-state index in [1.54, 1.807) is 0 Å². The molecule has 1 aromatic carbocycles. The molecule has 2 atom stereocenters. The minimum atomic E-state index is 0.141. The van der Waals surface area contributed by atoms with E-state index in [1.165, 1.54) is 0 Å². The van der Waals surface area contributed by atoms with Crippen LogP contribution >= 0.6 is 28.1 Å². The first-order chi connectivity index (χ1) is 8.13. The summed E-state index contributed by atoms with van der Waals surface area (Å²) in [7, 11) is 0. The number of hydrazine groups is 1. The van der Waals surface area contributed by atoms with Gasteiger partial charge in [0.15, 0.2) is 5.11 Å². The maximum absolute atomic E-state index is 5.11. The zero-order valence-electron chi connectivity index (χ0n) is 9.46. The van der Waals surface area contributed by atoms with E-state index in [0.29, 0.717) is 11.2 Å². The monoisotopic (exact) mass is 314 g/mol. The van der Waals surface area contributed by atoms with Crippen LogP contribution in [0.2, 0.25) is 0 Å². The molecule has 1 aromatic rings. The van der Waals surface area contributed by atoms with E-state index in [1.807, 2.05) is 24.3 Å². The number of halogens is 1. The molecule has 0 spiro atoms. The van der Waals surface area contributed by atoms with Crippen LogP contribution in [0.1, 0.15) is 13.3 Å². The highest BCUT2D eigenvalue weighted by molar-refractivity contribution is 9.10. The Morgan fingerprint density at radius 2 is 2.00 bits per heavy atom. The van der Waals surface area contributed by atoms with Crippen molar-refractivity contribution in [3.05, 3.63) is 28.7 Å². The zero-order valence-corrected chi connectivity index (χ0v) is 11.9. The van der Waals surface area contributed by atoms with Crippen molar-refractivity contribution in [2.45, 2.75) is 25.6 Å². The van der Waals surface area contributed by atoms with Gasteiger partial charge in [-0.3, -0.25) is 0 Å². The largest absolute Gasteiger partial charge is 0.360 e. The minimum Gasteiger partial charge on any atom is -0.360 e. The van der Waals surface area contributed by atoms with E-state index in [-0.39, 0.29) is 6.17 Å². The molecule has 0 saturated carbocycles. The Kier molecular flexibility index (Phi) is 4.20. The Hall–Kier alpha value is -0.850. The van der Waals surface area contributed by atoms with Gasteiger partial charge in [-0.15, -0.1) is 0 Å². The van der Waals surface area contributed by atoms with Crippen molar-refractivity contribution in [2.75, 3.05) is 5.43 Å². The summed E-state index contributed by atoms with van der Waals surface area (Å²) >= 11 is 8.51. The molecule has 17 heavy (non-hydrogen) atoms. The van der Waals surface area contributed by atoms with Gasteiger partial charge in [-0.25, -0.2) is 5.43 Å². The van der Waals surface area contributed by atoms with Crippen molar-refractivity contribution in [3.63, 3.8) is 0 Å². The molecule has 1 aliphatic heterocycles. The van der Waals surface area contributed by atoms with E-state index in [4.69, 9.17) is 12.2 Å². The molecule has 1 fully saturated rings. The third kappa shape index (κ3) is 3.83. The van der Waals surface area contributed by atoms with Gasteiger partial charge in [-0.1, -0.05) is 15.9 Å². The second kappa shape index (κ2) is 5.66. The number of hydrogen-bond acceptors (Lipinski definition) is 3. The third-order valence-corrected chi connectivity index (χ3v) is 3.27. The average Bonchev–Trinajstić information content (AvgIpc) is 2.27. The number of anilines is 1.